The quantitative estimate of drug-likeness (QED) is 0.770. The van der Waals surface area contributed by atoms with E-state index in [1.165, 1.54) is 19.3 Å². The van der Waals surface area contributed by atoms with Crippen molar-refractivity contribution in [3.8, 4) is 5.75 Å². The number of benzene rings is 1. The molecule has 1 atom stereocenters. The standard InChI is InChI=1S/C23H33N3O3/c1-15(26(2)14-16-4-6-20(29-3)7-5-16)21(27)24-22(28)25-23-11-17-8-18(12-23)10-19(9-17)13-23/h4-7,15,17-19H,8-14H2,1-3H3,(H2,24,25,27,28)/t15-,17?,18?,19?,23?/m0/s1. The zero-order valence-corrected chi connectivity index (χ0v) is 17.7. The molecule has 6 heteroatoms. The van der Waals surface area contributed by atoms with Crippen LogP contribution in [-0.4, -0.2) is 42.6 Å². The summed E-state index contributed by atoms with van der Waals surface area (Å²) in [6.45, 7) is 2.45. The Morgan fingerprint density at radius 3 is 2.17 bits per heavy atom. The molecule has 29 heavy (non-hydrogen) atoms. The van der Waals surface area contributed by atoms with E-state index in [4.69, 9.17) is 4.74 Å². The van der Waals surface area contributed by atoms with Gasteiger partial charge < -0.3 is 10.1 Å². The number of likely N-dealkylation sites (N-methyl/N-ethyl adjacent to an activating group) is 1. The number of carbonyl (C=O) groups excluding carboxylic acids is 2. The van der Waals surface area contributed by atoms with Gasteiger partial charge in [-0.1, -0.05) is 12.1 Å². The molecule has 1 aromatic rings. The third kappa shape index (κ3) is 4.42. The highest BCUT2D eigenvalue weighted by Crippen LogP contribution is 2.55. The Balaban J connectivity index is 1.29. The number of methoxy groups -OCH3 is 1. The van der Waals surface area contributed by atoms with E-state index in [0.29, 0.717) is 6.54 Å². The fraction of sp³-hybridized carbons (Fsp3) is 0.652. The van der Waals surface area contributed by atoms with Crippen molar-refractivity contribution in [2.24, 2.45) is 17.8 Å². The van der Waals surface area contributed by atoms with Gasteiger partial charge >= 0.3 is 6.03 Å². The maximum Gasteiger partial charge on any atom is 0.321 e. The summed E-state index contributed by atoms with van der Waals surface area (Å²) in [6.07, 6.45) is 7.21. The molecule has 1 aromatic carbocycles. The first kappa shape index (κ1) is 20.2. The Bertz CT molecular complexity index is 726. The third-order valence-electron chi connectivity index (χ3n) is 7.29. The lowest BCUT2D eigenvalue weighted by atomic mass is 9.53. The maximum absolute atomic E-state index is 12.6. The number of rotatable bonds is 6. The summed E-state index contributed by atoms with van der Waals surface area (Å²) in [7, 11) is 3.54. The van der Waals surface area contributed by atoms with Crippen LogP contribution in [0.1, 0.15) is 51.0 Å². The van der Waals surface area contributed by atoms with Crippen molar-refractivity contribution < 1.29 is 14.3 Å². The molecule has 6 nitrogen and oxygen atoms in total. The molecule has 0 saturated heterocycles. The molecule has 2 N–H and O–H groups in total. The van der Waals surface area contributed by atoms with E-state index >= 15 is 0 Å². The van der Waals surface area contributed by atoms with Gasteiger partial charge in [-0.2, -0.15) is 0 Å². The first-order valence-electron chi connectivity index (χ1n) is 10.8. The van der Waals surface area contributed by atoms with Crippen LogP contribution in [0.15, 0.2) is 24.3 Å². The Labute approximate surface area is 173 Å². The lowest BCUT2D eigenvalue weighted by Crippen LogP contribution is -2.62. The highest BCUT2D eigenvalue weighted by atomic mass is 16.5. The van der Waals surface area contributed by atoms with Crippen LogP contribution in [0.3, 0.4) is 0 Å². The molecule has 5 rings (SSSR count). The first-order chi connectivity index (χ1) is 13.9. The summed E-state index contributed by atoms with van der Waals surface area (Å²) >= 11 is 0. The van der Waals surface area contributed by atoms with Gasteiger partial charge in [-0.15, -0.1) is 0 Å². The van der Waals surface area contributed by atoms with E-state index in [9.17, 15) is 9.59 Å². The van der Waals surface area contributed by atoms with Crippen LogP contribution in [-0.2, 0) is 11.3 Å². The van der Waals surface area contributed by atoms with Crippen LogP contribution in [0.5, 0.6) is 5.75 Å². The molecule has 0 spiro atoms. The molecule has 4 aliphatic rings. The second-order valence-corrected chi connectivity index (χ2v) is 9.58. The number of hydrogen-bond donors (Lipinski definition) is 2. The van der Waals surface area contributed by atoms with Crippen LogP contribution in [0.25, 0.3) is 0 Å². The highest BCUT2D eigenvalue weighted by molar-refractivity contribution is 5.97. The Morgan fingerprint density at radius 1 is 1.10 bits per heavy atom. The van der Waals surface area contributed by atoms with Crippen LogP contribution in [0, 0.1) is 17.8 Å². The summed E-state index contributed by atoms with van der Waals surface area (Å²) in [6, 6.07) is 7.06. The minimum absolute atomic E-state index is 0.0860. The SMILES string of the molecule is COc1ccc(CN(C)[C@@H](C)C(=O)NC(=O)NC23CC4CC(CC(C4)C2)C3)cc1. The van der Waals surface area contributed by atoms with Gasteiger partial charge in [-0.25, -0.2) is 4.79 Å². The second-order valence-electron chi connectivity index (χ2n) is 9.58. The lowest BCUT2D eigenvalue weighted by molar-refractivity contribution is -0.124. The predicted molar refractivity (Wildman–Crippen MR) is 112 cm³/mol. The number of nitrogens with one attached hydrogen (secondary N) is 2. The number of carbonyl (C=O) groups is 2. The highest BCUT2D eigenvalue weighted by Gasteiger charge is 2.51. The molecule has 0 radical (unpaired) electrons. The van der Waals surface area contributed by atoms with E-state index in [1.807, 2.05) is 43.1 Å². The van der Waals surface area contributed by atoms with E-state index in [-0.39, 0.29) is 17.5 Å². The molecule has 4 fully saturated rings. The van der Waals surface area contributed by atoms with Gasteiger partial charge in [0.1, 0.15) is 5.75 Å². The molecule has 4 aliphatic carbocycles. The van der Waals surface area contributed by atoms with Gasteiger partial charge in [0.2, 0.25) is 5.91 Å². The molecule has 0 aromatic heterocycles. The average Bonchev–Trinajstić information content (AvgIpc) is 2.66. The fourth-order valence-electron chi connectivity index (χ4n) is 6.11. The zero-order chi connectivity index (χ0) is 20.6. The minimum atomic E-state index is -0.404. The summed E-state index contributed by atoms with van der Waals surface area (Å²) in [5.41, 5.74) is 1.00. The lowest BCUT2D eigenvalue weighted by Gasteiger charge is -2.56. The van der Waals surface area contributed by atoms with Crippen molar-refractivity contribution in [3.05, 3.63) is 29.8 Å². The Hall–Kier alpha value is -2.08. The number of hydrogen-bond acceptors (Lipinski definition) is 4. The summed E-state index contributed by atoms with van der Waals surface area (Å²) < 4.78 is 5.18. The van der Waals surface area contributed by atoms with Gasteiger partial charge in [0.15, 0.2) is 0 Å². The largest absolute Gasteiger partial charge is 0.497 e. The Kier molecular flexibility index (Phi) is 5.56. The number of nitrogens with zero attached hydrogens (tertiary/aromatic N) is 1. The molecule has 3 amide bonds. The predicted octanol–water partition coefficient (Wildman–Crippen LogP) is 3.31. The van der Waals surface area contributed by atoms with E-state index < -0.39 is 6.04 Å². The van der Waals surface area contributed by atoms with Gasteiger partial charge in [0.05, 0.1) is 13.2 Å². The first-order valence-corrected chi connectivity index (χ1v) is 10.8. The van der Waals surface area contributed by atoms with E-state index in [0.717, 1.165) is 48.3 Å². The van der Waals surface area contributed by atoms with Crippen molar-refractivity contribution in [2.45, 2.75) is 63.6 Å². The molecule has 0 heterocycles. The third-order valence-corrected chi connectivity index (χ3v) is 7.29. The molecule has 4 saturated carbocycles. The molecule has 4 bridgehead atoms. The summed E-state index contributed by atoms with van der Waals surface area (Å²) in [4.78, 5) is 27.2. The van der Waals surface area contributed by atoms with Gasteiger partial charge in [0.25, 0.3) is 0 Å². The van der Waals surface area contributed by atoms with Crippen LogP contribution < -0.4 is 15.4 Å². The van der Waals surface area contributed by atoms with Crippen molar-refractivity contribution in [1.29, 1.82) is 0 Å². The van der Waals surface area contributed by atoms with Crippen LogP contribution in [0.2, 0.25) is 0 Å². The van der Waals surface area contributed by atoms with Crippen molar-refractivity contribution >= 4 is 11.9 Å². The van der Waals surface area contributed by atoms with Crippen LogP contribution in [0.4, 0.5) is 4.79 Å². The molecular weight excluding hydrogens is 366 g/mol. The van der Waals surface area contributed by atoms with Crippen molar-refractivity contribution in [2.75, 3.05) is 14.2 Å². The van der Waals surface area contributed by atoms with Crippen LogP contribution >= 0.6 is 0 Å². The fourth-order valence-corrected chi connectivity index (χ4v) is 6.11. The normalized spacial score (nSPS) is 30.8. The maximum atomic E-state index is 12.6. The van der Waals surface area contributed by atoms with Gasteiger partial charge in [-0.05, 0) is 87.9 Å². The number of ether oxygens (including phenoxy) is 1. The number of urea groups is 1. The molecular formula is C23H33N3O3. The topological polar surface area (TPSA) is 70.7 Å². The Morgan fingerprint density at radius 2 is 1.66 bits per heavy atom. The molecule has 0 unspecified atom stereocenters. The zero-order valence-electron chi connectivity index (χ0n) is 17.7. The van der Waals surface area contributed by atoms with Crippen molar-refractivity contribution in [1.82, 2.24) is 15.5 Å². The molecule has 0 aliphatic heterocycles. The van der Waals surface area contributed by atoms with Gasteiger partial charge in [0, 0.05) is 12.1 Å². The molecule has 158 valence electrons. The number of imide groups is 1. The van der Waals surface area contributed by atoms with E-state index in [1.54, 1.807) is 7.11 Å². The summed E-state index contributed by atoms with van der Waals surface area (Å²) in [5, 5.41) is 5.80. The van der Waals surface area contributed by atoms with E-state index in [2.05, 4.69) is 10.6 Å². The summed E-state index contributed by atoms with van der Waals surface area (Å²) in [5.74, 6) is 2.82. The number of amides is 3. The van der Waals surface area contributed by atoms with Crippen molar-refractivity contribution in [3.63, 3.8) is 0 Å². The van der Waals surface area contributed by atoms with Gasteiger partial charge in [-0.3, -0.25) is 15.0 Å². The average molecular weight is 400 g/mol. The minimum Gasteiger partial charge on any atom is -0.497 e. The second kappa shape index (κ2) is 7.98. The monoisotopic (exact) mass is 399 g/mol. The smallest absolute Gasteiger partial charge is 0.321 e.